The number of rotatable bonds is 3. The molecule has 2 rings (SSSR count). The number of hydrogen-bond donors (Lipinski definition) is 1. The molecule has 0 aromatic heterocycles. The molecule has 2 heterocycles. The predicted octanol–water partition coefficient (Wildman–Crippen LogP) is 1.20. The smallest absolute Gasteiger partial charge is 0.117 e. The minimum absolute atomic E-state index is 0.0675. The van der Waals surface area contributed by atoms with Crippen molar-refractivity contribution in [2.75, 3.05) is 26.2 Å². The SMILES string of the molecule is CC1COC(C)(CCN2CCCC2)N1. The van der Waals surface area contributed by atoms with Crippen LogP contribution >= 0.6 is 0 Å². The van der Waals surface area contributed by atoms with E-state index in [1.54, 1.807) is 0 Å². The Bertz CT molecular complexity index is 192. The maximum atomic E-state index is 5.77. The summed E-state index contributed by atoms with van der Waals surface area (Å²) in [4.78, 5) is 2.54. The molecule has 3 heteroatoms. The van der Waals surface area contributed by atoms with Crippen molar-refractivity contribution in [3.63, 3.8) is 0 Å². The lowest BCUT2D eigenvalue weighted by molar-refractivity contribution is -0.00648. The second-order valence-electron chi connectivity index (χ2n) is 4.89. The second kappa shape index (κ2) is 4.17. The highest BCUT2D eigenvalue weighted by molar-refractivity contribution is 4.84. The van der Waals surface area contributed by atoms with Gasteiger partial charge in [-0.3, -0.25) is 5.32 Å². The van der Waals surface area contributed by atoms with Crippen LogP contribution in [-0.2, 0) is 4.74 Å². The van der Waals surface area contributed by atoms with Crippen molar-refractivity contribution in [3.8, 4) is 0 Å². The first-order valence-electron chi connectivity index (χ1n) is 5.82. The Kier molecular flexibility index (Phi) is 3.10. The quantitative estimate of drug-likeness (QED) is 0.737. The van der Waals surface area contributed by atoms with Crippen molar-refractivity contribution in [2.45, 2.75) is 44.9 Å². The molecule has 0 spiro atoms. The highest BCUT2D eigenvalue weighted by Crippen LogP contribution is 2.20. The predicted molar refractivity (Wildman–Crippen MR) is 57.2 cm³/mol. The molecule has 2 fully saturated rings. The van der Waals surface area contributed by atoms with Crippen LogP contribution < -0.4 is 5.32 Å². The van der Waals surface area contributed by atoms with Crippen LogP contribution in [0, 0.1) is 0 Å². The van der Waals surface area contributed by atoms with Crippen molar-refractivity contribution < 1.29 is 4.74 Å². The van der Waals surface area contributed by atoms with E-state index in [9.17, 15) is 0 Å². The molecule has 82 valence electrons. The van der Waals surface area contributed by atoms with Gasteiger partial charge in [-0.25, -0.2) is 0 Å². The molecule has 2 atom stereocenters. The molecule has 14 heavy (non-hydrogen) atoms. The fraction of sp³-hybridized carbons (Fsp3) is 1.00. The van der Waals surface area contributed by atoms with Crippen LogP contribution in [0.4, 0.5) is 0 Å². The van der Waals surface area contributed by atoms with Crippen molar-refractivity contribution in [1.82, 2.24) is 10.2 Å². The van der Waals surface area contributed by atoms with Crippen LogP contribution in [0.3, 0.4) is 0 Å². The molecule has 2 aliphatic rings. The van der Waals surface area contributed by atoms with Gasteiger partial charge in [-0.15, -0.1) is 0 Å². The van der Waals surface area contributed by atoms with Crippen LogP contribution in [-0.4, -0.2) is 42.9 Å². The highest BCUT2D eigenvalue weighted by Gasteiger charge is 2.33. The zero-order chi connectivity index (χ0) is 10.0. The Morgan fingerprint density at radius 1 is 1.43 bits per heavy atom. The summed E-state index contributed by atoms with van der Waals surface area (Å²) in [5.74, 6) is 0. The van der Waals surface area contributed by atoms with E-state index in [4.69, 9.17) is 4.74 Å². The molecule has 2 saturated heterocycles. The molecule has 0 saturated carbocycles. The lowest BCUT2D eigenvalue weighted by Gasteiger charge is -2.26. The van der Waals surface area contributed by atoms with Gasteiger partial charge >= 0.3 is 0 Å². The van der Waals surface area contributed by atoms with Crippen LogP contribution in [0.5, 0.6) is 0 Å². The molecular weight excluding hydrogens is 176 g/mol. The largest absolute Gasteiger partial charge is 0.359 e. The van der Waals surface area contributed by atoms with Gasteiger partial charge in [0.15, 0.2) is 0 Å². The van der Waals surface area contributed by atoms with Gasteiger partial charge in [-0.1, -0.05) is 0 Å². The Hall–Kier alpha value is -0.120. The van der Waals surface area contributed by atoms with Gasteiger partial charge in [0.05, 0.1) is 6.61 Å². The van der Waals surface area contributed by atoms with Crippen molar-refractivity contribution in [1.29, 1.82) is 0 Å². The maximum absolute atomic E-state index is 5.77. The Balaban J connectivity index is 1.73. The van der Waals surface area contributed by atoms with Crippen molar-refractivity contribution in [3.05, 3.63) is 0 Å². The van der Waals surface area contributed by atoms with Gasteiger partial charge in [-0.2, -0.15) is 0 Å². The molecule has 3 nitrogen and oxygen atoms in total. The summed E-state index contributed by atoms with van der Waals surface area (Å²) in [6, 6.07) is 0.513. The average molecular weight is 198 g/mol. The Labute approximate surface area is 86.8 Å². The first-order chi connectivity index (χ1) is 6.68. The van der Waals surface area contributed by atoms with Gasteiger partial charge < -0.3 is 9.64 Å². The maximum Gasteiger partial charge on any atom is 0.117 e. The zero-order valence-electron chi connectivity index (χ0n) is 9.38. The fourth-order valence-electron chi connectivity index (χ4n) is 2.44. The van der Waals surface area contributed by atoms with Gasteiger partial charge in [0, 0.05) is 19.0 Å². The molecular formula is C11H22N2O. The highest BCUT2D eigenvalue weighted by atomic mass is 16.5. The molecule has 0 aromatic rings. The molecule has 0 bridgehead atoms. The number of nitrogens with one attached hydrogen (secondary N) is 1. The monoisotopic (exact) mass is 198 g/mol. The third-order valence-corrected chi connectivity index (χ3v) is 3.31. The van der Waals surface area contributed by atoms with E-state index < -0.39 is 0 Å². The Morgan fingerprint density at radius 2 is 2.14 bits per heavy atom. The third-order valence-electron chi connectivity index (χ3n) is 3.31. The van der Waals surface area contributed by atoms with Crippen LogP contribution in [0.25, 0.3) is 0 Å². The summed E-state index contributed by atoms with van der Waals surface area (Å²) in [5, 5.41) is 3.51. The number of hydrogen-bond acceptors (Lipinski definition) is 3. The minimum Gasteiger partial charge on any atom is -0.359 e. The van der Waals surface area contributed by atoms with Crippen LogP contribution in [0.15, 0.2) is 0 Å². The summed E-state index contributed by atoms with van der Waals surface area (Å²) >= 11 is 0. The number of nitrogens with zero attached hydrogens (tertiary/aromatic N) is 1. The summed E-state index contributed by atoms with van der Waals surface area (Å²) in [7, 11) is 0. The van der Waals surface area contributed by atoms with Gasteiger partial charge in [0.1, 0.15) is 5.72 Å². The topological polar surface area (TPSA) is 24.5 Å². The van der Waals surface area contributed by atoms with E-state index in [-0.39, 0.29) is 5.72 Å². The molecule has 2 aliphatic heterocycles. The van der Waals surface area contributed by atoms with Crippen LogP contribution in [0.2, 0.25) is 0 Å². The lowest BCUT2D eigenvalue weighted by Crippen LogP contribution is -2.43. The van der Waals surface area contributed by atoms with E-state index in [0.717, 1.165) is 13.0 Å². The second-order valence-corrected chi connectivity index (χ2v) is 4.89. The third kappa shape index (κ3) is 2.47. The van der Waals surface area contributed by atoms with Gasteiger partial charge in [0.2, 0.25) is 0 Å². The first kappa shape index (κ1) is 10.4. The first-order valence-corrected chi connectivity index (χ1v) is 5.82. The summed E-state index contributed by atoms with van der Waals surface area (Å²) < 4.78 is 5.77. The number of ether oxygens (including phenoxy) is 1. The fourth-order valence-corrected chi connectivity index (χ4v) is 2.44. The van der Waals surface area contributed by atoms with E-state index in [1.807, 2.05) is 0 Å². The van der Waals surface area contributed by atoms with Gasteiger partial charge in [-0.05, 0) is 39.8 Å². The van der Waals surface area contributed by atoms with Gasteiger partial charge in [0.25, 0.3) is 0 Å². The number of likely N-dealkylation sites (tertiary alicyclic amines) is 1. The van der Waals surface area contributed by atoms with Crippen molar-refractivity contribution in [2.24, 2.45) is 0 Å². The molecule has 0 aliphatic carbocycles. The van der Waals surface area contributed by atoms with E-state index in [2.05, 4.69) is 24.1 Å². The van der Waals surface area contributed by atoms with E-state index >= 15 is 0 Å². The summed E-state index contributed by atoms with van der Waals surface area (Å²) in [6.45, 7) is 8.96. The summed E-state index contributed by atoms with van der Waals surface area (Å²) in [5.41, 5.74) is -0.0675. The van der Waals surface area contributed by atoms with Crippen molar-refractivity contribution >= 4 is 0 Å². The zero-order valence-corrected chi connectivity index (χ0v) is 9.38. The van der Waals surface area contributed by atoms with E-state index in [1.165, 1.54) is 32.5 Å². The summed E-state index contributed by atoms with van der Waals surface area (Å²) in [6.07, 6.45) is 3.86. The molecule has 0 amide bonds. The molecule has 2 unspecified atom stereocenters. The van der Waals surface area contributed by atoms with Crippen LogP contribution in [0.1, 0.15) is 33.1 Å². The normalized spacial score (nSPS) is 39.4. The standard InChI is InChI=1S/C11H22N2O/c1-10-9-14-11(2,12-10)5-8-13-6-3-4-7-13/h10,12H,3-9H2,1-2H3. The van der Waals surface area contributed by atoms with E-state index in [0.29, 0.717) is 6.04 Å². The lowest BCUT2D eigenvalue weighted by atomic mass is 10.1. The average Bonchev–Trinajstić information content (AvgIpc) is 2.73. The molecule has 1 N–H and O–H groups in total. The molecule has 0 radical (unpaired) electrons. The molecule has 0 aromatic carbocycles. The minimum atomic E-state index is -0.0675. The Morgan fingerprint density at radius 3 is 2.71 bits per heavy atom.